The molecule has 4 rings (SSSR count). The largest absolute Gasteiger partial charge is 0.338 e. The lowest BCUT2D eigenvalue weighted by Gasteiger charge is -2.32. The third-order valence-electron chi connectivity index (χ3n) is 4.86. The number of rotatable bonds is 1. The molecule has 0 aromatic heterocycles. The van der Waals surface area contributed by atoms with Crippen molar-refractivity contribution in [3.63, 3.8) is 0 Å². The highest BCUT2D eigenvalue weighted by Gasteiger charge is 2.28. The minimum absolute atomic E-state index is 0.690. The average Bonchev–Trinajstić information content (AvgIpc) is 2.96. The fourth-order valence-electron chi connectivity index (χ4n) is 3.87. The molecule has 0 saturated heterocycles. The fourth-order valence-corrected chi connectivity index (χ4v) is 3.87. The number of nitrogens with zero attached hydrogens (tertiary/aromatic N) is 1. The lowest BCUT2D eigenvalue weighted by Crippen LogP contribution is -2.29. The summed E-state index contributed by atoms with van der Waals surface area (Å²) in [6, 6.07) is 18.7. The molecule has 1 aliphatic carbocycles. The van der Waals surface area contributed by atoms with Crippen LogP contribution >= 0.6 is 0 Å². The van der Waals surface area contributed by atoms with Crippen molar-refractivity contribution in [2.45, 2.75) is 44.6 Å². The number of hydrogen-bond acceptors (Lipinski definition) is 1. The van der Waals surface area contributed by atoms with Crippen molar-refractivity contribution in [3.8, 4) is 0 Å². The van der Waals surface area contributed by atoms with E-state index in [0.717, 1.165) is 12.8 Å². The van der Waals surface area contributed by atoms with Crippen LogP contribution in [0.15, 0.2) is 48.5 Å². The predicted molar refractivity (Wildman–Crippen MR) is 84.7 cm³/mol. The van der Waals surface area contributed by atoms with Crippen LogP contribution < -0.4 is 4.90 Å². The Hall–Kier alpha value is -1.76. The zero-order chi connectivity index (χ0) is 13.4. The van der Waals surface area contributed by atoms with E-state index in [4.69, 9.17) is 0 Å². The number of para-hydroxylation sites is 2. The molecule has 20 heavy (non-hydrogen) atoms. The molecule has 2 aromatic carbocycles. The van der Waals surface area contributed by atoms with Crippen molar-refractivity contribution in [2.24, 2.45) is 0 Å². The fraction of sp³-hybridized carbons (Fsp3) is 0.368. The van der Waals surface area contributed by atoms with Gasteiger partial charge in [-0.3, -0.25) is 0 Å². The molecule has 1 saturated carbocycles. The van der Waals surface area contributed by atoms with Gasteiger partial charge >= 0.3 is 0 Å². The lowest BCUT2D eigenvalue weighted by atomic mass is 10.0. The number of fused-ring (bicyclic) bond motifs is 2. The zero-order valence-electron chi connectivity index (χ0n) is 11.9. The molecular formula is C19H21N. The molecule has 0 atom stereocenters. The maximum absolute atomic E-state index is 2.64. The van der Waals surface area contributed by atoms with E-state index in [2.05, 4.69) is 53.4 Å². The number of benzene rings is 2. The Kier molecular flexibility index (Phi) is 2.99. The molecule has 1 nitrogen and oxygen atoms in total. The molecule has 0 radical (unpaired) electrons. The van der Waals surface area contributed by atoms with Crippen LogP contribution in [0.3, 0.4) is 0 Å². The van der Waals surface area contributed by atoms with Gasteiger partial charge in [-0.1, -0.05) is 49.2 Å². The standard InChI is InChI=1S/C19H21N/c1-5-11-18-15(7-1)13-14-16-8-2-6-12-19(16)20(18)17-9-3-4-10-17/h1-2,5-8,11-12,17H,3-4,9-10,13-14H2. The first kappa shape index (κ1) is 12.0. The van der Waals surface area contributed by atoms with Crippen molar-refractivity contribution >= 4 is 11.4 Å². The maximum Gasteiger partial charge on any atom is 0.0446 e. The van der Waals surface area contributed by atoms with E-state index in [1.54, 1.807) is 0 Å². The van der Waals surface area contributed by atoms with Crippen LogP contribution in [0.25, 0.3) is 0 Å². The second-order valence-electron chi connectivity index (χ2n) is 6.07. The highest BCUT2D eigenvalue weighted by Crippen LogP contribution is 2.41. The van der Waals surface area contributed by atoms with Crippen LogP contribution in [0.5, 0.6) is 0 Å². The van der Waals surface area contributed by atoms with E-state index < -0.39 is 0 Å². The first-order valence-electron chi connectivity index (χ1n) is 7.88. The Labute approximate surface area is 121 Å². The van der Waals surface area contributed by atoms with Gasteiger partial charge in [-0.2, -0.15) is 0 Å². The smallest absolute Gasteiger partial charge is 0.0446 e. The second-order valence-corrected chi connectivity index (χ2v) is 6.07. The maximum atomic E-state index is 2.64. The molecule has 1 heterocycles. The average molecular weight is 263 g/mol. The highest BCUT2D eigenvalue weighted by molar-refractivity contribution is 5.72. The van der Waals surface area contributed by atoms with Gasteiger partial charge in [-0.25, -0.2) is 0 Å². The second kappa shape index (κ2) is 4.97. The van der Waals surface area contributed by atoms with Crippen LogP contribution in [-0.2, 0) is 12.8 Å². The van der Waals surface area contributed by atoms with Gasteiger partial charge in [0.05, 0.1) is 0 Å². The van der Waals surface area contributed by atoms with E-state index in [-0.39, 0.29) is 0 Å². The van der Waals surface area contributed by atoms with Crippen LogP contribution in [-0.4, -0.2) is 6.04 Å². The van der Waals surface area contributed by atoms with E-state index in [1.165, 1.54) is 48.2 Å². The molecule has 0 spiro atoms. The predicted octanol–water partition coefficient (Wildman–Crippen LogP) is 4.87. The summed E-state index contributed by atoms with van der Waals surface area (Å²) < 4.78 is 0. The van der Waals surface area contributed by atoms with E-state index in [1.807, 2.05) is 0 Å². The summed E-state index contributed by atoms with van der Waals surface area (Å²) in [6.45, 7) is 0. The van der Waals surface area contributed by atoms with E-state index in [0.29, 0.717) is 6.04 Å². The molecule has 1 aliphatic heterocycles. The highest BCUT2D eigenvalue weighted by atomic mass is 15.2. The Morgan fingerprint density at radius 3 is 1.75 bits per heavy atom. The molecular weight excluding hydrogens is 242 g/mol. The molecule has 0 N–H and O–H groups in total. The van der Waals surface area contributed by atoms with Gasteiger partial charge in [0.1, 0.15) is 0 Å². The summed E-state index contributed by atoms with van der Waals surface area (Å²) >= 11 is 0. The van der Waals surface area contributed by atoms with Gasteiger partial charge in [-0.15, -0.1) is 0 Å². The summed E-state index contributed by atoms with van der Waals surface area (Å²) in [5, 5.41) is 0. The Morgan fingerprint density at radius 1 is 0.700 bits per heavy atom. The summed E-state index contributed by atoms with van der Waals surface area (Å²) in [4.78, 5) is 2.64. The Morgan fingerprint density at radius 2 is 1.20 bits per heavy atom. The Bertz CT molecular complexity index is 563. The number of anilines is 2. The molecule has 102 valence electrons. The normalized spacial score (nSPS) is 18.5. The SMILES string of the molecule is c1ccc2c(c1)CCc1ccccc1N2C1CCCC1. The molecule has 2 aromatic rings. The van der Waals surface area contributed by atoms with Gasteiger partial charge in [-0.05, 0) is 48.9 Å². The molecule has 0 amide bonds. The van der Waals surface area contributed by atoms with Crippen molar-refractivity contribution in [1.29, 1.82) is 0 Å². The monoisotopic (exact) mass is 263 g/mol. The number of hydrogen-bond donors (Lipinski definition) is 0. The van der Waals surface area contributed by atoms with Gasteiger partial charge in [0.15, 0.2) is 0 Å². The first-order chi connectivity index (χ1) is 9.93. The zero-order valence-corrected chi connectivity index (χ0v) is 11.9. The third kappa shape index (κ3) is 1.93. The van der Waals surface area contributed by atoms with E-state index in [9.17, 15) is 0 Å². The van der Waals surface area contributed by atoms with Gasteiger partial charge in [0.25, 0.3) is 0 Å². The van der Waals surface area contributed by atoms with Crippen LogP contribution in [0.1, 0.15) is 36.8 Å². The van der Waals surface area contributed by atoms with Crippen molar-refractivity contribution < 1.29 is 0 Å². The van der Waals surface area contributed by atoms with Gasteiger partial charge in [0, 0.05) is 17.4 Å². The molecule has 0 bridgehead atoms. The minimum atomic E-state index is 0.690. The van der Waals surface area contributed by atoms with E-state index >= 15 is 0 Å². The lowest BCUT2D eigenvalue weighted by molar-refractivity contribution is 0.676. The topological polar surface area (TPSA) is 3.24 Å². The number of aryl methyl sites for hydroxylation is 2. The summed E-state index contributed by atoms with van der Waals surface area (Å²) in [6.07, 6.45) is 7.76. The first-order valence-corrected chi connectivity index (χ1v) is 7.88. The molecule has 2 aliphatic rings. The molecule has 1 heteroatoms. The van der Waals surface area contributed by atoms with Crippen LogP contribution in [0.4, 0.5) is 11.4 Å². The van der Waals surface area contributed by atoms with Crippen molar-refractivity contribution in [1.82, 2.24) is 0 Å². The van der Waals surface area contributed by atoms with Gasteiger partial charge in [0.2, 0.25) is 0 Å². The summed E-state index contributed by atoms with van der Waals surface area (Å²) in [5.41, 5.74) is 5.92. The minimum Gasteiger partial charge on any atom is -0.338 e. The molecule has 0 unspecified atom stereocenters. The van der Waals surface area contributed by atoms with Crippen molar-refractivity contribution in [3.05, 3.63) is 59.7 Å². The summed E-state index contributed by atoms with van der Waals surface area (Å²) in [5.74, 6) is 0. The third-order valence-corrected chi connectivity index (χ3v) is 4.86. The van der Waals surface area contributed by atoms with Crippen LogP contribution in [0, 0.1) is 0 Å². The van der Waals surface area contributed by atoms with Crippen molar-refractivity contribution in [2.75, 3.05) is 4.90 Å². The Balaban J connectivity index is 1.89. The summed E-state index contributed by atoms with van der Waals surface area (Å²) in [7, 11) is 0. The molecule has 1 fully saturated rings. The quantitative estimate of drug-likeness (QED) is 0.709. The van der Waals surface area contributed by atoms with Crippen LogP contribution in [0.2, 0.25) is 0 Å². The van der Waals surface area contributed by atoms with Gasteiger partial charge < -0.3 is 4.90 Å².